The number of benzene rings is 1. The Balaban J connectivity index is 2.22. The van der Waals surface area contributed by atoms with Gasteiger partial charge in [0.2, 0.25) is 17.7 Å². The van der Waals surface area contributed by atoms with Crippen LogP contribution in [0.15, 0.2) is 42.6 Å². The predicted octanol–water partition coefficient (Wildman–Crippen LogP) is 2.12. The topological polar surface area (TPSA) is 67.3 Å². The molecule has 6 heteroatoms. The average molecular weight is 300 g/mol. The average Bonchev–Trinajstić information content (AvgIpc) is 2.55. The zero-order chi connectivity index (χ0) is 15.9. The first kappa shape index (κ1) is 15.8. The Morgan fingerprint density at radius 3 is 2.64 bits per heavy atom. The summed E-state index contributed by atoms with van der Waals surface area (Å²) in [6.45, 7) is 0. The molecule has 1 aromatic heterocycles. The zero-order valence-electron chi connectivity index (χ0n) is 13.0. The standard InChI is InChI=1S/C16H20N4O2/c1-20(2)15(21)11-13(12-7-5-4-6-8-12)18-16-17-10-9-14(19-16)22-3/h4-10,13H,11H2,1-3H3,(H,17,18,19)/t13-/m1/s1. The first-order valence-corrected chi connectivity index (χ1v) is 6.99. The fraction of sp³-hybridized carbons (Fsp3) is 0.312. The summed E-state index contributed by atoms with van der Waals surface area (Å²) >= 11 is 0. The third-order valence-corrected chi connectivity index (χ3v) is 3.22. The summed E-state index contributed by atoms with van der Waals surface area (Å²) in [5.41, 5.74) is 1.00. The van der Waals surface area contributed by atoms with Gasteiger partial charge in [0.1, 0.15) is 0 Å². The van der Waals surface area contributed by atoms with Gasteiger partial charge in [-0.2, -0.15) is 4.98 Å². The largest absolute Gasteiger partial charge is 0.481 e. The van der Waals surface area contributed by atoms with Gasteiger partial charge in [0.15, 0.2) is 0 Å². The number of nitrogens with zero attached hydrogens (tertiary/aromatic N) is 3. The molecule has 1 atom stereocenters. The number of anilines is 1. The zero-order valence-corrected chi connectivity index (χ0v) is 13.0. The number of ether oxygens (including phenoxy) is 1. The van der Waals surface area contributed by atoms with E-state index in [0.717, 1.165) is 5.56 Å². The quantitative estimate of drug-likeness (QED) is 0.885. The van der Waals surface area contributed by atoms with Crippen molar-refractivity contribution in [3.63, 3.8) is 0 Å². The van der Waals surface area contributed by atoms with E-state index in [-0.39, 0.29) is 11.9 Å². The van der Waals surface area contributed by atoms with Crippen LogP contribution < -0.4 is 10.1 Å². The van der Waals surface area contributed by atoms with E-state index in [9.17, 15) is 4.79 Å². The lowest BCUT2D eigenvalue weighted by atomic mass is 10.0. The van der Waals surface area contributed by atoms with Crippen LogP contribution in [0.1, 0.15) is 18.0 Å². The van der Waals surface area contributed by atoms with Crippen molar-refractivity contribution in [2.45, 2.75) is 12.5 Å². The minimum absolute atomic E-state index is 0.0317. The van der Waals surface area contributed by atoms with Crippen molar-refractivity contribution in [2.24, 2.45) is 0 Å². The monoisotopic (exact) mass is 300 g/mol. The molecule has 2 aromatic rings. The van der Waals surface area contributed by atoms with Gasteiger partial charge in [-0.3, -0.25) is 4.79 Å². The van der Waals surface area contributed by atoms with Crippen LogP contribution in [-0.4, -0.2) is 42.0 Å². The fourth-order valence-corrected chi connectivity index (χ4v) is 1.98. The molecule has 1 amide bonds. The van der Waals surface area contributed by atoms with Crippen LogP contribution in [0.2, 0.25) is 0 Å². The van der Waals surface area contributed by atoms with Crippen LogP contribution in [-0.2, 0) is 4.79 Å². The summed E-state index contributed by atoms with van der Waals surface area (Å²) in [6, 6.07) is 11.2. The molecule has 6 nitrogen and oxygen atoms in total. The Hall–Kier alpha value is -2.63. The van der Waals surface area contributed by atoms with Crippen molar-refractivity contribution in [2.75, 3.05) is 26.5 Å². The van der Waals surface area contributed by atoms with E-state index in [4.69, 9.17) is 4.74 Å². The summed E-state index contributed by atoms with van der Waals surface area (Å²) in [5, 5.41) is 3.21. The Morgan fingerprint density at radius 2 is 2.00 bits per heavy atom. The van der Waals surface area contributed by atoms with Crippen molar-refractivity contribution < 1.29 is 9.53 Å². The molecule has 1 N–H and O–H groups in total. The molecule has 2 rings (SSSR count). The minimum atomic E-state index is -0.205. The van der Waals surface area contributed by atoms with Crippen LogP contribution in [0.3, 0.4) is 0 Å². The second kappa shape index (κ2) is 7.40. The van der Waals surface area contributed by atoms with E-state index in [2.05, 4.69) is 15.3 Å². The van der Waals surface area contributed by atoms with Crippen LogP contribution in [0, 0.1) is 0 Å². The highest BCUT2D eigenvalue weighted by Gasteiger charge is 2.18. The van der Waals surface area contributed by atoms with Gasteiger partial charge in [-0.15, -0.1) is 0 Å². The van der Waals surface area contributed by atoms with Crippen molar-refractivity contribution in [1.82, 2.24) is 14.9 Å². The summed E-state index contributed by atoms with van der Waals surface area (Å²) in [7, 11) is 5.04. The lowest BCUT2D eigenvalue weighted by molar-refractivity contribution is -0.128. The molecule has 1 aromatic carbocycles. The van der Waals surface area contributed by atoms with Crippen LogP contribution in [0.25, 0.3) is 0 Å². The third kappa shape index (κ3) is 4.18. The Labute approximate surface area is 130 Å². The van der Waals surface area contributed by atoms with Crippen molar-refractivity contribution >= 4 is 11.9 Å². The highest BCUT2D eigenvalue weighted by Crippen LogP contribution is 2.22. The van der Waals surface area contributed by atoms with Crippen molar-refractivity contribution in [3.8, 4) is 5.88 Å². The highest BCUT2D eigenvalue weighted by molar-refractivity contribution is 5.76. The number of carbonyl (C=O) groups is 1. The number of amides is 1. The first-order valence-electron chi connectivity index (χ1n) is 6.99. The van der Waals surface area contributed by atoms with E-state index in [1.54, 1.807) is 38.4 Å². The molecule has 0 aliphatic rings. The summed E-state index contributed by atoms with van der Waals surface area (Å²) < 4.78 is 5.10. The number of carbonyl (C=O) groups excluding carboxylic acids is 1. The molecule has 0 bridgehead atoms. The summed E-state index contributed by atoms with van der Waals surface area (Å²) in [6.07, 6.45) is 1.93. The van der Waals surface area contributed by atoms with E-state index in [1.807, 2.05) is 30.3 Å². The number of nitrogens with one attached hydrogen (secondary N) is 1. The normalized spacial score (nSPS) is 11.6. The van der Waals surface area contributed by atoms with E-state index in [1.165, 1.54) is 0 Å². The van der Waals surface area contributed by atoms with E-state index < -0.39 is 0 Å². The predicted molar refractivity (Wildman–Crippen MR) is 84.7 cm³/mol. The molecule has 0 fully saturated rings. The molecule has 0 radical (unpaired) electrons. The van der Waals surface area contributed by atoms with Crippen LogP contribution in [0.5, 0.6) is 5.88 Å². The Kier molecular flexibility index (Phi) is 5.30. The molecule has 1 heterocycles. The van der Waals surface area contributed by atoms with Gasteiger partial charge >= 0.3 is 0 Å². The van der Waals surface area contributed by atoms with Gasteiger partial charge in [0, 0.05) is 26.4 Å². The second-order valence-electron chi connectivity index (χ2n) is 5.02. The van der Waals surface area contributed by atoms with Gasteiger partial charge in [-0.25, -0.2) is 4.98 Å². The number of methoxy groups -OCH3 is 1. The Morgan fingerprint density at radius 1 is 1.27 bits per heavy atom. The van der Waals surface area contributed by atoms with Crippen molar-refractivity contribution in [3.05, 3.63) is 48.2 Å². The lowest BCUT2D eigenvalue weighted by Gasteiger charge is -2.21. The lowest BCUT2D eigenvalue weighted by Crippen LogP contribution is -2.26. The third-order valence-electron chi connectivity index (χ3n) is 3.22. The van der Waals surface area contributed by atoms with Gasteiger partial charge in [-0.05, 0) is 5.56 Å². The molecule has 0 aliphatic heterocycles. The van der Waals surface area contributed by atoms with Crippen LogP contribution >= 0.6 is 0 Å². The van der Waals surface area contributed by atoms with Gasteiger partial charge < -0.3 is 15.0 Å². The highest BCUT2D eigenvalue weighted by atomic mass is 16.5. The first-order chi connectivity index (χ1) is 10.6. The maximum absolute atomic E-state index is 12.1. The van der Waals surface area contributed by atoms with E-state index >= 15 is 0 Å². The smallest absolute Gasteiger partial charge is 0.226 e. The molecule has 0 saturated carbocycles. The number of rotatable bonds is 6. The molecule has 116 valence electrons. The molecule has 0 unspecified atom stereocenters. The molecule has 0 saturated heterocycles. The maximum atomic E-state index is 12.1. The molecular formula is C16H20N4O2. The minimum Gasteiger partial charge on any atom is -0.481 e. The van der Waals surface area contributed by atoms with E-state index in [0.29, 0.717) is 18.2 Å². The van der Waals surface area contributed by atoms with Gasteiger partial charge in [-0.1, -0.05) is 30.3 Å². The molecule has 0 aliphatic carbocycles. The van der Waals surface area contributed by atoms with Crippen LogP contribution in [0.4, 0.5) is 5.95 Å². The number of aromatic nitrogens is 2. The maximum Gasteiger partial charge on any atom is 0.226 e. The van der Waals surface area contributed by atoms with Gasteiger partial charge in [0.25, 0.3) is 0 Å². The van der Waals surface area contributed by atoms with Gasteiger partial charge in [0.05, 0.1) is 19.6 Å². The fourth-order valence-electron chi connectivity index (χ4n) is 1.98. The molecule has 0 spiro atoms. The summed E-state index contributed by atoms with van der Waals surface area (Å²) in [5.74, 6) is 0.937. The second-order valence-corrected chi connectivity index (χ2v) is 5.02. The SMILES string of the molecule is COc1ccnc(N[C@H](CC(=O)N(C)C)c2ccccc2)n1. The molecular weight excluding hydrogens is 280 g/mol. The Bertz CT molecular complexity index is 617. The number of hydrogen-bond acceptors (Lipinski definition) is 5. The summed E-state index contributed by atoms with van der Waals surface area (Å²) in [4.78, 5) is 22.1. The molecule has 22 heavy (non-hydrogen) atoms. The number of hydrogen-bond donors (Lipinski definition) is 1. The van der Waals surface area contributed by atoms with Crippen molar-refractivity contribution in [1.29, 1.82) is 0 Å².